The standard InChI is InChI=1S/C24H25F5N4O4S/c1-2-13-3-4-15-11-38(35,36)12-20(18(15)7-13)30-10-21(34)19(8-14-5-16(25)9-17(26)6-14)31-23-33-32-22(37-23)24(27,28)29/h3-7,9,19-21,30,34H,2,8,10-12H2,1H3,(H,31,33). The van der Waals surface area contributed by atoms with Crippen molar-refractivity contribution in [2.45, 2.75) is 49.9 Å². The molecule has 2 heterocycles. The fourth-order valence-electron chi connectivity index (χ4n) is 4.35. The summed E-state index contributed by atoms with van der Waals surface area (Å²) in [5.41, 5.74) is 2.51. The normalized spacial score (nSPS) is 18.6. The van der Waals surface area contributed by atoms with Gasteiger partial charge in [-0.3, -0.25) is 0 Å². The SMILES string of the molecule is CCc1ccc2c(c1)C(NCC(O)C(Cc1cc(F)cc(F)c1)Nc1nnc(C(F)(F)F)o1)CS(=O)(=O)C2. The Kier molecular flexibility index (Phi) is 8.04. The van der Waals surface area contributed by atoms with Crippen LogP contribution in [0.15, 0.2) is 40.8 Å². The number of anilines is 1. The maximum absolute atomic E-state index is 13.7. The van der Waals surface area contributed by atoms with Gasteiger partial charge in [0.15, 0.2) is 9.84 Å². The largest absolute Gasteiger partial charge is 0.470 e. The Hall–Kier alpha value is -3.10. The second-order valence-corrected chi connectivity index (χ2v) is 11.2. The molecule has 0 amide bonds. The van der Waals surface area contributed by atoms with Crippen molar-refractivity contribution in [3.63, 3.8) is 0 Å². The predicted molar refractivity (Wildman–Crippen MR) is 127 cm³/mol. The Bertz CT molecular complexity index is 1380. The molecule has 206 valence electrons. The summed E-state index contributed by atoms with van der Waals surface area (Å²) in [6, 6.07) is 5.74. The number of nitrogens with one attached hydrogen (secondary N) is 2. The van der Waals surface area contributed by atoms with E-state index in [9.17, 15) is 35.5 Å². The number of benzene rings is 2. The Morgan fingerprint density at radius 1 is 1.11 bits per heavy atom. The van der Waals surface area contributed by atoms with Crippen LogP contribution in [-0.4, -0.2) is 48.2 Å². The maximum atomic E-state index is 13.7. The number of aromatic nitrogens is 2. The van der Waals surface area contributed by atoms with Crippen molar-refractivity contribution in [1.82, 2.24) is 15.5 Å². The molecule has 0 radical (unpaired) electrons. The molecule has 0 bridgehead atoms. The van der Waals surface area contributed by atoms with E-state index in [1.165, 1.54) is 0 Å². The first-order valence-corrected chi connectivity index (χ1v) is 13.5. The summed E-state index contributed by atoms with van der Waals surface area (Å²) in [4.78, 5) is 0. The van der Waals surface area contributed by atoms with Crippen LogP contribution in [0.2, 0.25) is 0 Å². The zero-order chi connectivity index (χ0) is 27.7. The maximum Gasteiger partial charge on any atom is 0.470 e. The molecule has 3 unspecified atom stereocenters. The lowest BCUT2D eigenvalue weighted by atomic mass is 9.97. The van der Waals surface area contributed by atoms with Crippen molar-refractivity contribution in [3.8, 4) is 0 Å². The van der Waals surface area contributed by atoms with Crippen molar-refractivity contribution in [3.05, 3.63) is 76.2 Å². The number of aliphatic hydroxyl groups is 1. The van der Waals surface area contributed by atoms with E-state index in [4.69, 9.17) is 0 Å². The van der Waals surface area contributed by atoms with E-state index in [-0.39, 0.29) is 30.0 Å². The van der Waals surface area contributed by atoms with Crippen LogP contribution in [0, 0.1) is 11.6 Å². The van der Waals surface area contributed by atoms with Crippen molar-refractivity contribution in [2.75, 3.05) is 17.6 Å². The van der Waals surface area contributed by atoms with Gasteiger partial charge in [0.05, 0.1) is 23.7 Å². The van der Waals surface area contributed by atoms with Crippen LogP contribution in [0.1, 0.15) is 41.1 Å². The average molecular weight is 561 g/mol. The first kappa shape index (κ1) is 27.9. The molecule has 2 aromatic carbocycles. The predicted octanol–water partition coefficient (Wildman–Crippen LogP) is 3.57. The van der Waals surface area contributed by atoms with Crippen LogP contribution in [-0.2, 0) is 34.6 Å². The number of rotatable bonds is 9. The molecule has 8 nitrogen and oxygen atoms in total. The first-order chi connectivity index (χ1) is 17.8. The Labute approximate surface area is 215 Å². The summed E-state index contributed by atoms with van der Waals surface area (Å²) >= 11 is 0. The number of alkyl halides is 3. The van der Waals surface area contributed by atoms with Gasteiger partial charge >= 0.3 is 18.1 Å². The topological polar surface area (TPSA) is 117 Å². The number of fused-ring (bicyclic) bond motifs is 1. The summed E-state index contributed by atoms with van der Waals surface area (Å²) in [5.74, 6) is -3.69. The van der Waals surface area contributed by atoms with E-state index in [0.717, 1.165) is 29.7 Å². The number of nitrogens with zero attached hydrogens (tertiary/aromatic N) is 2. The van der Waals surface area contributed by atoms with Crippen molar-refractivity contribution in [1.29, 1.82) is 0 Å². The van der Waals surface area contributed by atoms with Gasteiger partial charge in [-0.1, -0.05) is 30.2 Å². The molecule has 1 aliphatic heterocycles. The molecule has 38 heavy (non-hydrogen) atoms. The van der Waals surface area contributed by atoms with Crippen LogP contribution < -0.4 is 10.6 Å². The number of aryl methyl sites for hydroxylation is 1. The highest BCUT2D eigenvalue weighted by Crippen LogP contribution is 2.31. The van der Waals surface area contributed by atoms with Crippen LogP contribution in [0.5, 0.6) is 0 Å². The van der Waals surface area contributed by atoms with Gasteiger partial charge in [-0.2, -0.15) is 13.2 Å². The second-order valence-electron chi connectivity index (χ2n) is 9.11. The first-order valence-electron chi connectivity index (χ1n) is 11.7. The van der Waals surface area contributed by atoms with Crippen molar-refractivity contribution >= 4 is 15.9 Å². The average Bonchev–Trinajstić information content (AvgIpc) is 3.30. The molecule has 0 fully saturated rings. The number of halogens is 5. The molecule has 0 saturated heterocycles. The monoisotopic (exact) mass is 560 g/mol. The van der Waals surface area contributed by atoms with Gasteiger partial charge in [0.1, 0.15) is 11.6 Å². The molecular weight excluding hydrogens is 535 g/mol. The van der Waals surface area contributed by atoms with Gasteiger partial charge in [-0.15, -0.1) is 5.10 Å². The lowest BCUT2D eigenvalue weighted by Crippen LogP contribution is -2.45. The third-order valence-corrected chi connectivity index (χ3v) is 7.77. The smallest absolute Gasteiger partial charge is 0.399 e. The van der Waals surface area contributed by atoms with Crippen LogP contribution in [0.25, 0.3) is 0 Å². The quantitative estimate of drug-likeness (QED) is 0.340. The van der Waals surface area contributed by atoms with Gasteiger partial charge in [0, 0.05) is 18.7 Å². The summed E-state index contributed by atoms with van der Waals surface area (Å²) in [7, 11) is -3.43. The molecule has 4 rings (SSSR count). The van der Waals surface area contributed by atoms with Crippen LogP contribution >= 0.6 is 0 Å². The van der Waals surface area contributed by atoms with Crippen LogP contribution in [0.3, 0.4) is 0 Å². The molecule has 3 aromatic rings. The van der Waals surface area contributed by atoms with Crippen molar-refractivity contribution in [2.24, 2.45) is 0 Å². The fourth-order valence-corrected chi connectivity index (χ4v) is 6.01. The second kappa shape index (κ2) is 10.9. The molecule has 3 N–H and O–H groups in total. The number of aliphatic hydroxyl groups excluding tert-OH is 1. The highest BCUT2D eigenvalue weighted by atomic mass is 32.2. The summed E-state index contributed by atoms with van der Waals surface area (Å²) in [6.45, 7) is 1.74. The highest BCUT2D eigenvalue weighted by Gasteiger charge is 2.38. The van der Waals surface area contributed by atoms with Gasteiger partial charge < -0.3 is 20.2 Å². The lowest BCUT2D eigenvalue weighted by Gasteiger charge is -2.30. The molecule has 0 aliphatic carbocycles. The fraction of sp³-hybridized carbons (Fsp3) is 0.417. The third kappa shape index (κ3) is 6.85. The lowest BCUT2D eigenvalue weighted by molar-refractivity contribution is -0.156. The molecule has 0 spiro atoms. The number of sulfone groups is 1. The molecule has 0 saturated carbocycles. The van der Waals surface area contributed by atoms with E-state index in [1.54, 1.807) is 6.07 Å². The minimum absolute atomic E-state index is 0.104. The van der Waals surface area contributed by atoms with Gasteiger partial charge in [0.2, 0.25) is 0 Å². The number of hydrogen-bond acceptors (Lipinski definition) is 8. The van der Waals surface area contributed by atoms with E-state index in [0.29, 0.717) is 11.6 Å². The third-order valence-electron chi connectivity index (χ3n) is 6.18. The summed E-state index contributed by atoms with van der Waals surface area (Å²) < 4.78 is 95.7. The van der Waals surface area contributed by atoms with E-state index in [2.05, 4.69) is 25.2 Å². The molecule has 14 heteroatoms. The zero-order valence-electron chi connectivity index (χ0n) is 20.1. The molecule has 3 atom stereocenters. The van der Waals surface area contributed by atoms with E-state index < -0.39 is 57.7 Å². The molecule has 1 aromatic heterocycles. The number of hydrogen-bond donors (Lipinski definition) is 3. The van der Waals surface area contributed by atoms with E-state index >= 15 is 0 Å². The Morgan fingerprint density at radius 2 is 1.82 bits per heavy atom. The van der Waals surface area contributed by atoms with Gasteiger partial charge in [-0.05, 0) is 47.2 Å². The van der Waals surface area contributed by atoms with Crippen LogP contribution in [0.4, 0.5) is 28.0 Å². The Balaban J connectivity index is 1.56. The van der Waals surface area contributed by atoms with Gasteiger partial charge in [0.25, 0.3) is 0 Å². The van der Waals surface area contributed by atoms with Crippen molar-refractivity contribution < 1.29 is 39.9 Å². The zero-order valence-corrected chi connectivity index (χ0v) is 20.9. The minimum Gasteiger partial charge on any atom is -0.399 e. The summed E-state index contributed by atoms with van der Waals surface area (Å²) in [5, 5.41) is 22.7. The molecular formula is C24H25F5N4O4S. The van der Waals surface area contributed by atoms with E-state index in [1.807, 2.05) is 19.1 Å². The van der Waals surface area contributed by atoms with Gasteiger partial charge in [-0.25, -0.2) is 17.2 Å². The highest BCUT2D eigenvalue weighted by molar-refractivity contribution is 7.90. The minimum atomic E-state index is -4.90. The Morgan fingerprint density at radius 3 is 2.45 bits per heavy atom. The molecule has 1 aliphatic rings. The summed E-state index contributed by atoms with van der Waals surface area (Å²) in [6.07, 6.45) is -5.79.